The van der Waals surface area contributed by atoms with E-state index in [-0.39, 0.29) is 32.9 Å². The summed E-state index contributed by atoms with van der Waals surface area (Å²) in [5, 5.41) is 15.4. The zero-order valence-corrected chi connectivity index (χ0v) is 21.7. The van der Waals surface area contributed by atoms with Gasteiger partial charge in [-0.05, 0) is 58.7 Å². The van der Waals surface area contributed by atoms with Crippen LogP contribution in [0, 0.1) is 52.9 Å². The number of hydrogen-bond acceptors (Lipinski definition) is 5. The molecule has 0 amide bonds. The number of nitriles is 1. The molecule has 0 bridgehead atoms. The van der Waals surface area contributed by atoms with Crippen molar-refractivity contribution in [1.29, 1.82) is 5.26 Å². The number of benzene rings is 4. The van der Waals surface area contributed by atoms with E-state index in [2.05, 4.69) is 15.0 Å². The highest BCUT2D eigenvalue weighted by Gasteiger charge is 2.21. The van der Waals surface area contributed by atoms with Gasteiger partial charge in [0.15, 0.2) is 40.3 Å². The summed E-state index contributed by atoms with van der Waals surface area (Å²) in [7, 11) is 0. The molecule has 0 aliphatic rings. The van der Waals surface area contributed by atoms with Gasteiger partial charge in [0, 0.05) is 21.5 Å². The summed E-state index contributed by atoms with van der Waals surface area (Å²) in [6.07, 6.45) is 1.73. The van der Waals surface area contributed by atoms with Crippen molar-refractivity contribution in [3.63, 3.8) is 0 Å². The minimum absolute atomic E-state index is 0.0528. The van der Waals surface area contributed by atoms with Crippen LogP contribution in [-0.4, -0.2) is 9.97 Å². The summed E-state index contributed by atoms with van der Waals surface area (Å²) in [5.41, 5.74) is 1.77. The maximum Gasteiger partial charge on any atom is 0.206 e. The Kier molecular flexibility index (Phi) is 5.90. The van der Waals surface area contributed by atoms with E-state index in [0.29, 0.717) is 43.7 Å². The van der Waals surface area contributed by atoms with Crippen molar-refractivity contribution in [2.75, 3.05) is 0 Å². The van der Waals surface area contributed by atoms with E-state index >= 15 is 0 Å². The third kappa shape index (κ3) is 3.89. The smallest absolute Gasteiger partial charge is 0.206 e. The third-order valence-electron chi connectivity index (χ3n) is 7.35. The fourth-order valence-corrected chi connectivity index (χ4v) is 5.41. The lowest BCUT2D eigenvalue weighted by atomic mass is 10.0. The molecule has 0 atom stereocenters. The Labute approximate surface area is 241 Å². The molecule has 6 nitrogen and oxygen atoms in total. The molecule has 0 saturated carbocycles. The van der Waals surface area contributed by atoms with Crippen LogP contribution in [-0.2, 0) is 0 Å². The molecular formula is C32H10F6N6. The lowest BCUT2D eigenvalue weighted by molar-refractivity contribution is 0.447. The van der Waals surface area contributed by atoms with Gasteiger partial charge in [-0.15, -0.1) is 4.95 Å². The quantitative estimate of drug-likeness (QED) is 0.0698. The van der Waals surface area contributed by atoms with Crippen LogP contribution in [0.1, 0.15) is 0 Å². The highest BCUT2D eigenvalue weighted by atomic mass is 19.2. The molecule has 0 aliphatic carbocycles. The molecule has 210 valence electrons. The van der Waals surface area contributed by atoms with Crippen molar-refractivity contribution in [3.8, 4) is 28.4 Å². The molecule has 0 unspecified atom stereocenters. The van der Waals surface area contributed by atoms with Crippen LogP contribution in [0.15, 0.2) is 70.8 Å². The number of hydrogen-bond donors (Lipinski definition) is 0. The predicted octanol–water partition coefficient (Wildman–Crippen LogP) is 7.25. The number of halogens is 6. The van der Waals surface area contributed by atoms with Gasteiger partial charge in [-0.1, -0.05) is 24.3 Å². The highest BCUT2D eigenvalue weighted by molar-refractivity contribution is 6.15. The van der Waals surface area contributed by atoms with Crippen molar-refractivity contribution in [3.05, 3.63) is 118 Å². The molecule has 7 aromatic rings. The maximum atomic E-state index is 14.0. The summed E-state index contributed by atoms with van der Waals surface area (Å²) < 4.78 is 82.9. The molecule has 1 aromatic heterocycles. The van der Waals surface area contributed by atoms with E-state index in [1.165, 1.54) is 24.3 Å². The van der Waals surface area contributed by atoms with E-state index in [1.807, 2.05) is 0 Å². The van der Waals surface area contributed by atoms with Crippen LogP contribution in [0.5, 0.6) is 0 Å². The minimum atomic E-state index is -1.60. The highest BCUT2D eigenvalue weighted by Crippen LogP contribution is 2.33. The van der Waals surface area contributed by atoms with Crippen LogP contribution in [0.3, 0.4) is 0 Å². The van der Waals surface area contributed by atoms with Crippen LogP contribution in [0.25, 0.3) is 70.8 Å². The molecule has 0 fully saturated rings. The summed E-state index contributed by atoms with van der Waals surface area (Å²) in [4.78, 5) is 16.6. The second-order valence-electron chi connectivity index (χ2n) is 9.76. The molecular weight excluding hydrogens is 582 g/mol. The van der Waals surface area contributed by atoms with Gasteiger partial charge < -0.3 is 0 Å². The zero-order chi connectivity index (χ0) is 30.9. The SMILES string of the molecule is [C-]#[N+]/N=c1\c2cc(-c3cc(F)c(F)c(F)c3)ccc2c2nc3c(=NC#N)c4cc(-c5cc(F)c(F)c(F)c5)ccc4c3nc12. The van der Waals surface area contributed by atoms with Gasteiger partial charge in [0.1, 0.15) is 16.4 Å². The standard InChI is InChI=1S/C32H10F6N6/c1-40-44-30-20-7-14(16-10-23(35)26(38)24(36)11-16)3-5-18(20)29-32(30)43-28-17-4-2-13(15-8-21(33)25(37)22(34)9-15)6-19(17)27(41-12-39)31(28)42-29/h2-11H/b41-27?,44-30+. The van der Waals surface area contributed by atoms with E-state index in [9.17, 15) is 31.6 Å². The molecule has 7 rings (SSSR count). The zero-order valence-electron chi connectivity index (χ0n) is 21.7. The topological polar surface area (TPSA) is 78.6 Å². The minimum Gasteiger partial charge on any atom is -0.241 e. The van der Waals surface area contributed by atoms with Crippen molar-refractivity contribution in [2.45, 2.75) is 0 Å². The Balaban J connectivity index is 1.52. The second kappa shape index (κ2) is 9.71. The third-order valence-corrected chi connectivity index (χ3v) is 7.35. The van der Waals surface area contributed by atoms with Crippen molar-refractivity contribution in [1.82, 2.24) is 9.97 Å². The van der Waals surface area contributed by atoms with Gasteiger partial charge in [-0.25, -0.2) is 36.3 Å². The number of aromatic nitrogens is 2. The van der Waals surface area contributed by atoms with Gasteiger partial charge in [0.2, 0.25) is 6.19 Å². The fraction of sp³-hybridized carbons (Fsp3) is 0. The van der Waals surface area contributed by atoms with Crippen molar-refractivity contribution >= 4 is 43.6 Å². The molecule has 12 heteroatoms. The van der Waals surface area contributed by atoms with E-state index in [4.69, 9.17) is 16.5 Å². The summed E-state index contributed by atoms with van der Waals surface area (Å²) in [6.45, 7) is 7.37. The monoisotopic (exact) mass is 592 g/mol. The number of nitrogens with zero attached hydrogens (tertiary/aromatic N) is 6. The molecule has 0 aliphatic heterocycles. The van der Waals surface area contributed by atoms with Crippen molar-refractivity contribution in [2.24, 2.45) is 10.1 Å². The predicted molar refractivity (Wildman–Crippen MR) is 148 cm³/mol. The van der Waals surface area contributed by atoms with E-state index < -0.39 is 34.9 Å². The van der Waals surface area contributed by atoms with Crippen LogP contribution in [0.2, 0.25) is 0 Å². The second-order valence-corrected chi connectivity index (χ2v) is 9.76. The number of rotatable bonds is 2. The Hall–Kier alpha value is -6.14. The normalized spacial score (nSPS) is 12.5. The van der Waals surface area contributed by atoms with Crippen molar-refractivity contribution < 1.29 is 26.3 Å². The Morgan fingerprint density at radius 2 is 1.00 bits per heavy atom. The van der Waals surface area contributed by atoms with Crippen LogP contribution >= 0.6 is 0 Å². The first-order valence-electron chi connectivity index (χ1n) is 12.6. The molecule has 0 N–H and O–H groups in total. The number of fused-ring (bicyclic) bond motifs is 6. The van der Waals surface area contributed by atoms with Gasteiger partial charge in [0.05, 0.1) is 16.1 Å². The molecule has 1 heterocycles. The Morgan fingerprint density at radius 3 is 1.43 bits per heavy atom. The first-order chi connectivity index (χ1) is 21.2. The van der Waals surface area contributed by atoms with E-state index in [1.54, 1.807) is 18.3 Å². The van der Waals surface area contributed by atoms with Gasteiger partial charge >= 0.3 is 0 Å². The summed E-state index contributed by atoms with van der Waals surface area (Å²) >= 11 is 0. The largest absolute Gasteiger partial charge is 0.241 e. The lowest BCUT2D eigenvalue weighted by Crippen LogP contribution is -2.03. The summed E-state index contributed by atoms with van der Waals surface area (Å²) in [5.74, 6) is -8.65. The molecule has 44 heavy (non-hydrogen) atoms. The Bertz CT molecular complexity index is 2380. The lowest BCUT2D eigenvalue weighted by Gasteiger charge is -2.04. The first-order valence-corrected chi connectivity index (χ1v) is 12.6. The van der Waals surface area contributed by atoms with Gasteiger partial charge in [0.25, 0.3) is 0 Å². The first kappa shape index (κ1) is 26.7. The molecule has 6 aromatic carbocycles. The average Bonchev–Trinajstić information content (AvgIpc) is 3.48. The summed E-state index contributed by atoms with van der Waals surface area (Å²) in [6, 6.07) is 12.7. The molecule has 0 saturated heterocycles. The molecule has 0 radical (unpaired) electrons. The van der Waals surface area contributed by atoms with Gasteiger partial charge in [-0.2, -0.15) is 16.8 Å². The Morgan fingerprint density at radius 1 is 0.568 bits per heavy atom. The van der Waals surface area contributed by atoms with Gasteiger partial charge in [-0.3, -0.25) is 0 Å². The molecule has 0 spiro atoms. The average molecular weight is 592 g/mol. The maximum absolute atomic E-state index is 14.0. The fourth-order valence-electron chi connectivity index (χ4n) is 5.41. The van der Waals surface area contributed by atoms with Crippen LogP contribution in [0.4, 0.5) is 26.3 Å². The van der Waals surface area contributed by atoms with E-state index in [0.717, 1.165) is 24.3 Å². The van der Waals surface area contributed by atoms with Crippen LogP contribution < -0.4 is 10.7 Å².